The summed E-state index contributed by atoms with van der Waals surface area (Å²) < 4.78 is 68.2. The third kappa shape index (κ3) is 61.6. The average molecular weight is 1300 g/mol. The summed E-state index contributed by atoms with van der Waals surface area (Å²) in [6.45, 7) is 11.8. The van der Waals surface area contributed by atoms with Crippen molar-refractivity contribution in [1.82, 2.24) is 0 Å². The van der Waals surface area contributed by atoms with Gasteiger partial charge in [-0.25, -0.2) is 9.13 Å². The van der Waals surface area contributed by atoms with Crippen LogP contribution in [0.2, 0.25) is 0 Å². The van der Waals surface area contributed by atoms with Crippen LogP contribution in [-0.4, -0.2) is 96.7 Å². The molecule has 0 aromatic carbocycles. The fourth-order valence-electron chi connectivity index (χ4n) is 10.3. The summed E-state index contributed by atoms with van der Waals surface area (Å²) in [6, 6.07) is 0. The molecular weight excluding hydrogens is 1160 g/mol. The van der Waals surface area contributed by atoms with E-state index in [9.17, 15) is 43.2 Å². The summed E-state index contributed by atoms with van der Waals surface area (Å²) in [6.07, 6.45) is 42.9. The molecule has 0 aliphatic rings. The van der Waals surface area contributed by atoms with Crippen molar-refractivity contribution in [1.29, 1.82) is 0 Å². The second-order valence-electron chi connectivity index (χ2n) is 26.1. The Bertz CT molecular complexity index is 1730. The Hall–Kier alpha value is -1.94. The second-order valence-corrected chi connectivity index (χ2v) is 29.0. The topological polar surface area (TPSA) is 237 Å². The van der Waals surface area contributed by atoms with Crippen molar-refractivity contribution >= 4 is 39.5 Å². The Morgan fingerprint density at radius 1 is 0.330 bits per heavy atom. The van der Waals surface area contributed by atoms with Crippen molar-refractivity contribution < 1.29 is 80.2 Å². The third-order valence-electron chi connectivity index (χ3n) is 16.2. The molecule has 0 radical (unpaired) electrons. The maximum atomic E-state index is 13.0. The van der Waals surface area contributed by atoms with Crippen LogP contribution in [0.4, 0.5) is 0 Å². The lowest BCUT2D eigenvalue weighted by atomic mass is 9.99. The van der Waals surface area contributed by atoms with Crippen molar-refractivity contribution in [3.05, 3.63) is 0 Å². The Morgan fingerprint density at radius 2 is 0.580 bits per heavy atom. The first kappa shape index (κ1) is 86.1. The summed E-state index contributed by atoms with van der Waals surface area (Å²) >= 11 is 0. The van der Waals surface area contributed by atoms with Gasteiger partial charge < -0.3 is 33.8 Å². The van der Waals surface area contributed by atoms with Crippen LogP contribution in [0.1, 0.15) is 344 Å². The quantitative estimate of drug-likeness (QED) is 0.0222. The molecular formula is C69H134O17P2. The number of rotatable bonds is 67. The number of aliphatic hydroxyl groups excluding tert-OH is 1. The first-order valence-electron chi connectivity index (χ1n) is 35.9. The molecule has 3 unspecified atom stereocenters. The van der Waals surface area contributed by atoms with E-state index in [1.807, 2.05) is 0 Å². The summed E-state index contributed by atoms with van der Waals surface area (Å²) in [4.78, 5) is 72.5. The molecule has 0 fully saturated rings. The van der Waals surface area contributed by atoms with E-state index in [2.05, 4.69) is 48.5 Å². The average Bonchev–Trinajstić information content (AvgIpc) is 3.63. The minimum Gasteiger partial charge on any atom is -0.462 e. The summed E-state index contributed by atoms with van der Waals surface area (Å²) in [5, 5.41) is 10.6. The molecule has 19 heteroatoms. The molecule has 0 spiro atoms. The Labute approximate surface area is 537 Å². The molecule has 17 nitrogen and oxygen atoms in total. The molecule has 0 bridgehead atoms. The highest BCUT2D eigenvalue weighted by Crippen LogP contribution is 2.45. The van der Waals surface area contributed by atoms with E-state index < -0.39 is 97.5 Å². The number of phosphoric ester groups is 2. The number of phosphoric acid groups is 2. The zero-order valence-electron chi connectivity index (χ0n) is 57.2. The van der Waals surface area contributed by atoms with Gasteiger partial charge in [0.2, 0.25) is 0 Å². The van der Waals surface area contributed by atoms with E-state index in [-0.39, 0.29) is 25.7 Å². The molecule has 0 saturated heterocycles. The number of esters is 4. The van der Waals surface area contributed by atoms with E-state index in [1.165, 1.54) is 154 Å². The summed E-state index contributed by atoms with van der Waals surface area (Å²) in [5.74, 6) is 0.151. The van der Waals surface area contributed by atoms with Crippen LogP contribution in [0, 0.1) is 17.8 Å². The Morgan fingerprint density at radius 3 is 0.864 bits per heavy atom. The molecule has 0 aliphatic carbocycles. The van der Waals surface area contributed by atoms with Crippen molar-refractivity contribution in [2.75, 3.05) is 39.6 Å². The second kappa shape index (κ2) is 60.0. The lowest BCUT2D eigenvalue weighted by molar-refractivity contribution is -0.161. The SMILES string of the molecule is CCCCCCCCCCCCC(=O)OC[C@H](COP(=O)(O)OC[C@H](O)COP(=O)(O)OC[C@@H](COC(=O)CCCCCCCCCCCCC(C)C)OC(=O)CCCCCCCCCCCCC(C)C)OC(=O)CCCCCCCCCCC(C)CC. The van der Waals surface area contributed by atoms with E-state index in [0.29, 0.717) is 25.7 Å². The maximum Gasteiger partial charge on any atom is 0.472 e. The number of hydrogen-bond acceptors (Lipinski definition) is 15. The lowest BCUT2D eigenvalue weighted by Crippen LogP contribution is -2.30. The number of aliphatic hydroxyl groups is 1. The highest BCUT2D eigenvalue weighted by Gasteiger charge is 2.30. The highest BCUT2D eigenvalue weighted by molar-refractivity contribution is 7.47. The van der Waals surface area contributed by atoms with E-state index >= 15 is 0 Å². The van der Waals surface area contributed by atoms with Crippen LogP contribution >= 0.6 is 15.6 Å². The van der Waals surface area contributed by atoms with Gasteiger partial charge in [-0.2, -0.15) is 0 Å². The summed E-state index contributed by atoms with van der Waals surface area (Å²) in [5.41, 5.74) is 0. The van der Waals surface area contributed by atoms with Crippen molar-refractivity contribution in [3.8, 4) is 0 Å². The van der Waals surface area contributed by atoms with E-state index in [1.54, 1.807) is 0 Å². The fraction of sp³-hybridized carbons (Fsp3) is 0.942. The predicted molar refractivity (Wildman–Crippen MR) is 354 cm³/mol. The zero-order chi connectivity index (χ0) is 65.2. The minimum atomic E-state index is -4.95. The van der Waals surface area contributed by atoms with Crippen molar-refractivity contribution in [2.24, 2.45) is 17.8 Å². The van der Waals surface area contributed by atoms with E-state index in [4.69, 9.17) is 37.0 Å². The Balaban J connectivity index is 5.26. The zero-order valence-corrected chi connectivity index (χ0v) is 59.0. The molecule has 0 aliphatic heterocycles. The first-order valence-corrected chi connectivity index (χ1v) is 38.9. The van der Waals surface area contributed by atoms with Crippen LogP contribution in [-0.2, 0) is 65.4 Å². The smallest absolute Gasteiger partial charge is 0.462 e. The fourth-order valence-corrected chi connectivity index (χ4v) is 11.9. The van der Waals surface area contributed by atoms with Crippen molar-refractivity contribution in [3.63, 3.8) is 0 Å². The van der Waals surface area contributed by atoms with Gasteiger partial charge in [-0.3, -0.25) is 37.3 Å². The normalized spacial score (nSPS) is 14.5. The first-order chi connectivity index (χ1) is 42.3. The van der Waals surface area contributed by atoms with Crippen LogP contribution in [0.5, 0.6) is 0 Å². The Kier molecular flexibility index (Phi) is 58.7. The maximum absolute atomic E-state index is 13.0. The highest BCUT2D eigenvalue weighted by atomic mass is 31.2. The van der Waals surface area contributed by atoms with Gasteiger partial charge in [0.05, 0.1) is 26.4 Å². The number of carbonyl (C=O) groups excluding carboxylic acids is 4. The minimum absolute atomic E-state index is 0.105. The lowest BCUT2D eigenvalue weighted by Gasteiger charge is -2.21. The van der Waals surface area contributed by atoms with Gasteiger partial charge in [0.25, 0.3) is 0 Å². The molecule has 0 aromatic heterocycles. The van der Waals surface area contributed by atoms with Crippen LogP contribution in [0.25, 0.3) is 0 Å². The van der Waals surface area contributed by atoms with Gasteiger partial charge >= 0.3 is 39.5 Å². The predicted octanol–water partition coefficient (Wildman–Crippen LogP) is 19.5. The van der Waals surface area contributed by atoms with Gasteiger partial charge in [0.15, 0.2) is 12.2 Å². The van der Waals surface area contributed by atoms with E-state index in [0.717, 1.165) is 108 Å². The third-order valence-corrected chi connectivity index (χ3v) is 18.1. The standard InChI is InChI=1S/C69H134O17P2/c1-8-10-11-12-13-14-21-29-36-43-50-66(71)79-57-65(86-69(74)53-46-39-32-25-24-28-35-42-49-62(7)9-2)59-84-88(77,78)82-55-63(70)54-81-87(75,76)83-58-64(85-68(73)52-45-38-31-23-18-16-20-27-34-41-48-61(5)6)56-80-67(72)51-44-37-30-22-17-15-19-26-33-40-47-60(3)4/h60-65,70H,8-59H2,1-7H3,(H,75,76)(H,77,78)/t62?,63-,64-,65-/m1/s1. The van der Waals surface area contributed by atoms with Crippen LogP contribution in [0.15, 0.2) is 0 Å². The van der Waals surface area contributed by atoms with Gasteiger partial charge in [0, 0.05) is 25.7 Å². The van der Waals surface area contributed by atoms with Crippen molar-refractivity contribution in [2.45, 2.75) is 362 Å². The van der Waals surface area contributed by atoms with Crippen LogP contribution < -0.4 is 0 Å². The molecule has 88 heavy (non-hydrogen) atoms. The van der Waals surface area contributed by atoms with Gasteiger partial charge in [0.1, 0.15) is 19.3 Å². The molecule has 0 heterocycles. The van der Waals surface area contributed by atoms with Gasteiger partial charge in [-0.05, 0) is 43.4 Å². The number of carbonyl (C=O) groups is 4. The molecule has 0 amide bonds. The van der Waals surface area contributed by atoms with Gasteiger partial charge in [-0.1, -0.05) is 292 Å². The molecule has 522 valence electrons. The number of unbranched alkanes of at least 4 members (excludes halogenated alkanes) is 34. The molecule has 6 atom stereocenters. The van der Waals surface area contributed by atoms with Crippen LogP contribution in [0.3, 0.4) is 0 Å². The molecule has 0 aromatic rings. The number of hydrogen-bond donors (Lipinski definition) is 3. The molecule has 3 N–H and O–H groups in total. The molecule has 0 saturated carbocycles. The number of ether oxygens (including phenoxy) is 4. The summed E-state index contributed by atoms with van der Waals surface area (Å²) in [7, 11) is -9.90. The molecule has 0 rings (SSSR count). The van der Waals surface area contributed by atoms with Gasteiger partial charge in [-0.15, -0.1) is 0 Å². The monoisotopic (exact) mass is 1300 g/mol. The largest absolute Gasteiger partial charge is 0.472 e.